The summed E-state index contributed by atoms with van der Waals surface area (Å²) in [4.78, 5) is 13.2. The molecule has 0 saturated heterocycles. The third-order valence-electron chi connectivity index (χ3n) is 2.36. The van der Waals surface area contributed by atoms with Gasteiger partial charge in [0.25, 0.3) is 0 Å². The summed E-state index contributed by atoms with van der Waals surface area (Å²) >= 11 is 0. The molecule has 0 radical (unpaired) electrons. The topological polar surface area (TPSA) is 52.2 Å². The molecule has 0 atom stereocenters. The molecule has 0 aromatic rings. The van der Waals surface area contributed by atoms with Crippen LogP contribution in [0.4, 0.5) is 0 Å². The Morgan fingerprint density at radius 3 is 3.13 bits per heavy atom. The molecule has 1 heterocycles. The molecule has 2 aliphatic rings. The minimum absolute atomic E-state index is 0.00514. The van der Waals surface area contributed by atoms with E-state index in [9.17, 15) is 9.45 Å². The van der Waals surface area contributed by atoms with Crippen molar-refractivity contribution in [3.05, 3.63) is 24.0 Å². The van der Waals surface area contributed by atoms with Crippen LogP contribution in [0.1, 0.15) is 19.3 Å². The molecule has 78 valence electrons. The first-order valence-corrected chi connectivity index (χ1v) is 5.08. The van der Waals surface area contributed by atoms with Gasteiger partial charge in [-0.1, -0.05) is 0 Å². The number of carbonyl (C=O) groups excluding carboxylic acids is 1. The number of nitrogens with zero attached hydrogens (tertiary/aromatic N) is 1. The first kappa shape index (κ1) is 10.0. The quantitative estimate of drug-likeness (QED) is 0.691. The molecule has 0 bridgehead atoms. The van der Waals surface area contributed by atoms with Crippen molar-refractivity contribution in [1.29, 1.82) is 0 Å². The molecule has 1 amide bonds. The Bertz CT molecular complexity index is 361. The summed E-state index contributed by atoms with van der Waals surface area (Å²) in [6.07, 6.45) is 9.96. The van der Waals surface area contributed by atoms with E-state index in [0.29, 0.717) is 18.0 Å². The molecule has 0 spiro atoms. The van der Waals surface area contributed by atoms with Crippen molar-refractivity contribution in [3.8, 4) is 6.15 Å². The summed E-state index contributed by atoms with van der Waals surface area (Å²) < 4.78 is 10.4. The van der Waals surface area contributed by atoms with Gasteiger partial charge in [0, 0.05) is 0 Å². The molecule has 1 saturated carbocycles. The fourth-order valence-electron chi connectivity index (χ4n) is 1.44. The molecule has 2 rings (SSSR count). The Labute approximate surface area is 88.3 Å². The van der Waals surface area contributed by atoms with Crippen LogP contribution in [0, 0.1) is 6.15 Å². The van der Waals surface area contributed by atoms with E-state index in [1.54, 1.807) is 11.1 Å². The molecule has 4 nitrogen and oxygen atoms in total. The summed E-state index contributed by atoms with van der Waals surface area (Å²) in [6, 6.07) is 0.382. The third kappa shape index (κ3) is 2.98. The van der Waals surface area contributed by atoms with Crippen LogP contribution in [-0.2, 0) is 9.45 Å². The van der Waals surface area contributed by atoms with Crippen LogP contribution in [0.15, 0.2) is 24.0 Å². The molecular weight excluding hydrogens is 192 g/mol. The Balaban J connectivity index is 1.85. The summed E-state index contributed by atoms with van der Waals surface area (Å²) in [5.41, 5.74) is 0.580. The van der Waals surface area contributed by atoms with Crippen LogP contribution in [0.5, 0.6) is 0 Å². The van der Waals surface area contributed by atoms with Crippen molar-refractivity contribution in [1.82, 2.24) is 10.2 Å². The van der Waals surface area contributed by atoms with E-state index >= 15 is 0 Å². The van der Waals surface area contributed by atoms with Gasteiger partial charge in [-0.2, -0.15) is 0 Å². The van der Waals surface area contributed by atoms with Crippen molar-refractivity contribution < 1.29 is 9.45 Å². The molecule has 15 heavy (non-hydrogen) atoms. The molecule has 0 unspecified atom stereocenters. The molecule has 1 fully saturated rings. The van der Waals surface area contributed by atoms with E-state index in [4.69, 9.17) is 0 Å². The summed E-state index contributed by atoms with van der Waals surface area (Å²) in [5, 5.41) is 2.89. The van der Waals surface area contributed by atoms with Crippen molar-refractivity contribution >= 4 is 5.91 Å². The number of carbonyl (C=O) groups is 1. The van der Waals surface area contributed by atoms with E-state index in [1.807, 2.05) is 18.4 Å². The van der Waals surface area contributed by atoms with Crippen LogP contribution in [-0.4, -0.2) is 23.4 Å². The number of rotatable bonds is 3. The Hall–Kier alpha value is -1.51. The van der Waals surface area contributed by atoms with Gasteiger partial charge in [0.05, 0.1) is 0 Å². The van der Waals surface area contributed by atoms with Gasteiger partial charge >= 0.3 is 87.6 Å². The second kappa shape index (κ2) is 4.34. The van der Waals surface area contributed by atoms with Crippen molar-refractivity contribution in [2.24, 2.45) is 0 Å². The normalized spacial score (nSPS) is 19.4. The van der Waals surface area contributed by atoms with Crippen LogP contribution in [0.3, 0.4) is 0 Å². The fraction of sp³-hybridized carbons (Fsp3) is 0.455. The Morgan fingerprint density at radius 2 is 2.47 bits per heavy atom. The van der Waals surface area contributed by atoms with Crippen molar-refractivity contribution in [3.63, 3.8) is 0 Å². The van der Waals surface area contributed by atoms with Gasteiger partial charge in [-0.25, -0.2) is 0 Å². The van der Waals surface area contributed by atoms with Gasteiger partial charge in [0.1, 0.15) is 0 Å². The van der Waals surface area contributed by atoms with E-state index in [2.05, 4.69) is 5.32 Å². The van der Waals surface area contributed by atoms with E-state index in [1.165, 1.54) is 0 Å². The predicted octanol–water partition coefficient (Wildman–Crippen LogP) is 0.758. The van der Waals surface area contributed by atoms with Gasteiger partial charge in [-0.3, -0.25) is 0 Å². The zero-order chi connectivity index (χ0) is 10.7. The molecule has 1 aliphatic heterocycles. The second-order valence-corrected chi connectivity index (χ2v) is 3.86. The zero-order valence-electron chi connectivity index (χ0n) is 8.40. The standard InChI is InChI=1S/C11H12N2O2/c14-8-9-2-1-5-13(6-9)7-11(15)12-10-3-4-10/h1,5-6,10H,2-4,7H2/p+1. The first-order chi connectivity index (χ1) is 7.28. The number of nitrogens with one attached hydrogen (secondary N) is 1. The molecular formula is C11H13N2O2+. The molecule has 4 heteroatoms. The Kier molecular flexibility index (Phi) is 2.90. The molecule has 1 aliphatic carbocycles. The van der Waals surface area contributed by atoms with E-state index in [0.717, 1.165) is 12.8 Å². The van der Waals surface area contributed by atoms with Gasteiger partial charge in [0.2, 0.25) is 0 Å². The average Bonchev–Trinajstić information content (AvgIpc) is 3.02. The second-order valence-electron chi connectivity index (χ2n) is 3.86. The average molecular weight is 205 g/mol. The zero-order valence-corrected chi connectivity index (χ0v) is 8.40. The first-order valence-electron chi connectivity index (χ1n) is 5.08. The summed E-state index contributed by atoms with van der Waals surface area (Å²) in [7, 11) is 0. The summed E-state index contributed by atoms with van der Waals surface area (Å²) in [5.74, 6) is 0.00514. The number of hydrogen-bond acceptors (Lipinski definition) is 2. The fourth-order valence-corrected chi connectivity index (χ4v) is 1.44. The Morgan fingerprint density at radius 1 is 1.67 bits per heavy atom. The predicted molar refractivity (Wildman–Crippen MR) is 54.3 cm³/mol. The maximum absolute atomic E-state index is 11.4. The monoisotopic (exact) mass is 205 g/mol. The maximum atomic E-state index is 11.4. The SMILES string of the molecule is O=C(CN1C=CCC(C#[O+])=C1)NC1CC1. The number of amides is 1. The van der Waals surface area contributed by atoms with Crippen molar-refractivity contribution in [2.45, 2.75) is 25.3 Å². The van der Waals surface area contributed by atoms with Gasteiger partial charge < -0.3 is 0 Å². The molecule has 0 aromatic carbocycles. The third-order valence-corrected chi connectivity index (χ3v) is 2.36. The van der Waals surface area contributed by atoms with Gasteiger partial charge in [-0.15, -0.1) is 0 Å². The van der Waals surface area contributed by atoms with Crippen LogP contribution in [0.25, 0.3) is 0 Å². The number of allylic oxidation sites excluding steroid dienone is 2. The molecule has 0 aromatic heterocycles. The van der Waals surface area contributed by atoms with Crippen LogP contribution >= 0.6 is 0 Å². The number of hydrogen-bond donors (Lipinski definition) is 1. The van der Waals surface area contributed by atoms with E-state index < -0.39 is 0 Å². The summed E-state index contributed by atoms with van der Waals surface area (Å²) in [6.45, 7) is 0.276. The minimum atomic E-state index is 0.00514. The van der Waals surface area contributed by atoms with Crippen LogP contribution < -0.4 is 5.32 Å². The van der Waals surface area contributed by atoms with Gasteiger partial charge in [0.15, 0.2) is 0 Å². The van der Waals surface area contributed by atoms with Crippen molar-refractivity contribution in [2.75, 3.05) is 6.54 Å². The van der Waals surface area contributed by atoms with Crippen LogP contribution in [0.2, 0.25) is 0 Å². The molecule has 1 N–H and O–H groups in total. The van der Waals surface area contributed by atoms with Gasteiger partial charge in [-0.05, 0) is 0 Å². The van der Waals surface area contributed by atoms with E-state index in [-0.39, 0.29) is 12.5 Å².